The van der Waals surface area contributed by atoms with E-state index in [0.29, 0.717) is 17.3 Å². The van der Waals surface area contributed by atoms with Crippen molar-refractivity contribution in [2.75, 3.05) is 0 Å². The summed E-state index contributed by atoms with van der Waals surface area (Å²) in [6, 6.07) is 0. The Morgan fingerprint density at radius 1 is 0.830 bits per heavy atom. The van der Waals surface area contributed by atoms with E-state index in [1.54, 1.807) is 5.57 Å². The van der Waals surface area contributed by atoms with Crippen molar-refractivity contribution in [3.05, 3.63) is 36.0 Å². The van der Waals surface area contributed by atoms with Crippen LogP contribution in [0.5, 0.6) is 0 Å². The van der Waals surface area contributed by atoms with Crippen molar-refractivity contribution in [1.29, 1.82) is 0 Å². The lowest BCUT2D eigenvalue weighted by Crippen LogP contribution is -2.51. The molecule has 0 aromatic carbocycles. The third-order valence-electron chi connectivity index (χ3n) is 13.9. The van der Waals surface area contributed by atoms with Crippen LogP contribution in [0.2, 0.25) is 0 Å². The van der Waals surface area contributed by atoms with E-state index in [-0.39, 0.29) is 12.1 Å². The number of hydrogen-bond donors (Lipinski definition) is 0. The zero-order valence-corrected chi connectivity index (χ0v) is 32.0. The normalized spacial score (nSPS) is 32.7. The fraction of sp³-hybridized carbons (Fsp3) is 0.844. The fourth-order valence-electron chi connectivity index (χ4n) is 11.1. The van der Waals surface area contributed by atoms with Crippen LogP contribution in [0.4, 0.5) is 0 Å². The lowest BCUT2D eigenvalue weighted by Gasteiger charge is -2.58. The molecule has 0 radical (unpaired) electrons. The van der Waals surface area contributed by atoms with Crippen LogP contribution >= 0.6 is 0 Å². The standard InChI is InChI=1S/C45H76O2/c1-7-8-9-10-11-12-13-14-15-16-17-18-19-20-21-25-43(46)47-38-30-32-44(5)37(34-38)26-27-39-41-29-28-40(36(4)24-22-23-35(2)3)45(41,6)33-31-42(39)44/h11-12,14-15,26,35-36,38-42H,7-10,13,16-25,27-34H2,1-6H3/b12-11+,15-14+/t36-,38+,39-,40+,41-,42-,44+,45+/m1/s1. The van der Waals surface area contributed by atoms with Crippen molar-refractivity contribution < 1.29 is 9.53 Å². The Kier molecular flexibility index (Phi) is 15.7. The lowest BCUT2D eigenvalue weighted by atomic mass is 9.47. The Labute approximate surface area is 292 Å². The zero-order chi connectivity index (χ0) is 33.7. The van der Waals surface area contributed by atoms with Gasteiger partial charge in [-0.2, -0.15) is 0 Å². The van der Waals surface area contributed by atoms with Crippen molar-refractivity contribution in [1.82, 2.24) is 0 Å². The first-order valence-corrected chi connectivity index (χ1v) is 20.9. The molecule has 0 saturated heterocycles. The Morgan fingerprint density at radius 3 is 2.30 bits per heavy atom. The summed E-state index contributed by atoms with van der Waals surface area (Å²) >= 11 is 0. The summed E-state index contributed by atoms with van der Waals surface area (Å²) in [5, 5.41) is 0. The number of ether oxygens (including phenoxy) is 1. The molecule has 0 heterocycles. The average molecular weight is 649 g/mol. The van der Waals surface area contributed by atoms with Gasteiger partial charge in [0.1, 0.15) is 6.10 Å². The highest BCUT2D eigenvalue weighted by Gasteiger charge is 2.59. The van der Waals surface area contributed by atoms with Gasteiger partial charge in [-0.3, -0.25) is 4.79 Å². The Balaban J connectivity index is 1.13. The van der Waals surface area contributed by atoms with Crippen molar-refractivity contribution >= 4 is 5.97 Å². The third kappa shape index (κ3) is 10.6. The molecule has 47 heavy (non-hydrogen) atoms. The quantitative estimate of drug-likeness (QED) is 0.0746. The highest BCUT2D eigenvalue weighted by atomic mass is 16.5. The van der Waals surface area contributed by atoms with Crippen LogP contribution in [-0.2, 0) is 9.53 Å². The molecule has 4 aliphatic rings. The van der Waals surface area contributed by atoms with Gasteiger partial charge in [0.25, 0.3) is 0 Å². The van der Waals surface area contributed by atoms with E-state index >= 15 is 0 Å². The molecule has 0 aromatic rings. The van der Waals surface area contributed by atoms with E-state index in [4.69, 9.17) is 4.74 Å². The summed E-state index contributed by atoms with van der Waals surface area (Å²) in [5.41, 5.74) is 2.52. The van der Waals surface area contributed by atoms with Gasteiger partial charge >= 0.3 is 5.97 Å². The van der Waals surface area contributed by atoms with Gasteiger partial charge in [0.15, 0.2) is 0 Å². The molecule has 0 aliphatic heterocycles. The number of allylic oxidation sites excluding steroid dienone is 5. The molecule has 3 fully saturated rings. The molecule has 4 rings (SSSR count). The van der Waals surface area contributed by atoms with Crippen LogP contribution in [0.1, 0.15) is 189 Å². The third-order valence-corrected chi connectivity index (χ3v) is 13.9. The summed E-state index contributed by atoms with van der Waals surface area (Å²) < 4.78 is 6.12. The number of unbranched alkanes of at least 4 members (excludes halogenated alkanes) is 8. The van der Waals surface area contributed by atoms with Gasteiger partial charge in [0.2, 0.25) is 0 Å². The molecule has 268 valence electrons. The summed E-state index contributed by atoms with van der Waals surface area (Å²) in [5.74, 6) is 5.30. The molecule has 2 nitrogen and oxygen atoms in total. The first-order chi connectivity index (χ1) is 22.7. The molecule has 0 aromatic heterocycles. The number of fused-ring (bicyclic) bond motifs is 5. The van der Waals surface area contributed by atoms with Crippen LogP contribution < -0.4 is 0 Å². The number of hydrogen-bond acceptors (Lipinski definition) is 2. The van der Waals surface area contributed by atoms with Gasteiger partial charge < -0.3 is 4.74 Å². The molecule has 4 aliphatic carbocycles. The summed E-state index contributed by atoms with van der Waals surface area (Å²) in [4.78, 5) is 12.8. The van der Waals surface area contributed by atoms with E-state index in [0.717, 1.165) is 67.6 Å². The number of rotatable bonds is 20. The van der Waals surface area contributed by atoms with Gasteiger partial charge in [-0.15, -0.1) is 0 Å². The van der Waals surface area contributed by atoms with Crippen molar-refractivity contribution in [2.24, 2.45) is 46.3 Å². The van der Waals surface area contributed by atoms with E-state index in [1.165, 1.54) is 109 Å². The number of carbonyl (C=O) groups excluding carboxylic acids is 1. The maximum absolute atomic E-state index is 12.8. The zero-order valence-electron chi connectivity index (χ0n) is 32.0. The number of carbonyl (C=O) groups is 1. The Hall–Kier alpha value is -1.31. The second kappa shape index (κ2) is 19.2. The van der Waals surface area contributed by atoms with Crippen LogP contribution in [0.25, 0.3) is 0 Å². The highest BCUT2D eigenvalue weighted by molar-refractivity contribution is 5.69. The predicted octanol–water partition coefficient (Wildman–Crippen LogP) is 13.8. The van der Waals surface area contributed by atoms with Crippen molar-refractivity contribution in [2.45, 2.75) is 195 Å². The van der Waals surface area contributed by atoms with Gasteiger partial charge in [0, 0.05) is 12.8 Å². The van der Waals surface area contributed by atoms with E-state index in [9.17, 15) is 4.79 Å². The highest BCUT2D eigenvalue weighted by Crippen LogP contribution is 2.67. The minimum Gasteiger partial charge on any atom is -0.462 e. The van der Waals surface area contributed by atoms with E-state index in [1.807, 2.05) is 0 Å². The Morgan fingerprint density at radius 2 is 1.55 bits per heavy atom. The SMILES string of the molecule is CCCCC/C=C/C/C=C/CCCCCCCC(=O)O[C@H]1CC[C@@]2(C)C(=CC[C@@H]3[C@H]4CC[C@@H]([C@H](C)CCCC(C)C)[C@]4(C)CC[C@H]32)C1. The molecule has 8 atom stereocenters. The van der Waals surface area contributed by atoms with Crippen LogP contribution in [0.15, 0.2) is 36.0 Å². The molecule has 0 unspecified atom stereocenters. The second-order valence-electron chi connectivity index (χ2n) is 17.6. The molecule has 0 bridgehead atoms. The molecule has 0 spiro atoms. The van der Waals surface area contributed by atoms with Crippen molar-refractivity contribution in [3.8, 4) is 0 Å². The molecule has 2 heteroatoms. The van der Waals surface area contributed by atoms with Gasteiger partial charge in [-0.25, -0.2) is 0 Å². The molecular weight excluding hydrogens is 572 g/mol. The molecule has 0 amide bonds. The smallest absolute Gasteiger partial charge is 0.306 e. The van der Waals surface area contributed by atoms with Crippen LogP contribution in [-0.4, -0.2) is 12.1 Å². The fourth-order valence-corrected chi connectivity index (χ4v) is 11.1. The predicted molar refractivity (Wildman–Crippen MR) is 202 cm³/mol. The summed E-state index contributed by atoms with van der Waals surface area (Å²) in [7, 11) is 0. The maximum atomic E-state index is 12.8. The first kappa shape index (κ1) is 38.5. The average Bonchev–Trinajstić information content (AvgIpc) is 3.40. The minimum atomic E-state index is 0.0477. The molecule has 0 N–H and O–H groups in total. The summed E-state index contributed by atoms with van der Waals surface area (Å²) in [6.45, 7) is 14.9. The topological polar surface area (TPSA) is 26.3 Å². The van der Waals surface area contributed by atoms with E-state index in [2.05, 4.69) is 71.9 Å². The number of esters is 1. The molecule has 3 saturated carbocycles. The van der Waals surface area contributed by atoms with Crippen molar-refractivity contribution in [3.63, 3.8) is 0 Å². The van der Waals surface area contributed by atoms with Gasteiger partial charge in [-0.1, -0.05) is 129 Å². The first-order valence-electron chi connectivity index (χ1n) is 20.9. The van der Waals surface area contributed by atoms with Gasteiger partial charge in [0.05, 0.1) is 0 Å². The lowest BCUT2D eigenvalue weighted by molar-refractivity contribution is -0.151. The second-order valence-corrected chi connectivity index (χ2v) is 17.6. The van der Waals surface area contributed by atoms with Crippen LogP contribution in [0, 0.1) is 46.3 Å². The largest absolute Gasteiger partial charge is 0.462 e. The van der Waals surface area contributed by atoms with E-state index < -0.39 is 0 Å². The van der Waals surface area contributed by atoms with Crippen LogP contribution in [0.3, 0.4) is 0 Å². The Bertz CT molecular complexity index is 1020. The molecular formula is C45H76O2. The minimum absolute atomic E-state index is 0.0477. The maximum Gasteiger partial charge on any atom is 0.306 e. The van der Waals surface area contributed by atoms with Gasteiger partial charge in [-0.05, 0) is 130 Å². The summed E-state index contributed by atoms with van der Waals surface area (Å²) in [6.07, 6.45) is 40.5. The monoisotopic (exact) mass is 649 g/mol.